The van der Waals surface area contributed by atoms with Gasteiger partial charge >= 0.3 is 6.03 Å². The van der Waals surface area contributed by atoms with E-state index >= 15 is 0 Å². The molecule has 0 bridgehead atoms. The van der Waals surface area contributed by atoms with Crippen LogP contribution in [0.4, 0.5) is 16.2 Å². The molecule has 0 saturated carbocycles. The number of carbonyl (C=O) groups is 1. The minimum Gasteiger partial charge on any atom is -0.308 e. The molecule has 2 aromatic carbocycles. The number of amides is 2. The van der Waals surface area contributed by atoms with Gasteiger partial charge in [-0.25, -0.2) is 13.2 Å². The zero-order valence-corrected chi connectivity index (χ0v) is 17.5. The van der Waals surface area contributed by atoms with Crippen LogP contribution in [-0.2, 0) is 10.0 Å². The third-order valence-corrected chi connectivity index (χ3v) is 7.00. The number of nitrogens with one attached hydrogen (secondary N) is 2. The van der Waals surface area contributed by atoms with E-state index in [1.54, 1.807) is 25.1 Å². The van der Waals surface area contributed by atoms with Crippen LogP contribution in [0.15, 0.2) is 41.3 Å². The summed E-state index contributed by atoms with van der Waals surface area (Å²) in [5.41, 5.74) is 1.50. The van der Waals surface area contributed by atoms with Crippen LogP contribution >= 0.6 is 11.6 Å². The molecule has 152 valence electrons. The van der Waals surface area contributed by atoms with Gasteiger partial charge < -0.3 is 10.6 Å². The van der Waals surface area contributed by atoms with Crippen LogP contribution in [-0.4, -0.2) is 31.8 Å². The molecule has 1 aliphatic rings. The van der Waals surface area contributed by atoms with Crippen molar-refractivity contribution >= 4 is 39.0 Å². The van der Waals surface area contributed by atoms with Gasteiger partial charge in [-0.15, -0.1) is 0 Å². The smallest absolute Gasteiger partial charge is 0.308 e. The first kappa shape index (κ1) is 21.1. The number of halogens is 1. The molecule has 9 heteroatoms. The molecule has 0 aliphatic carbocycles. The molecular formula is C20H21ClN4O3S. The number of nitriles is 1. The molecule has 2 aromatic rings. The van der Waals surface area contributed by atoms with Gasteiger partial charge in [-0.05, 0) is 55.7 Å². The molecule has 0 atom stereocenters. The Balaban J connectivity index is 1.79. The van der Waals surface area contributed by atoms with E-state index < -0.39 is 16.1 Å². The number of rotatable bonds is 4. The molecule has 1 aliphatic heterocycles. The van der Waals surface area contributed by atoms with Crippen molar-refractivity contribution < 1.29 is 13.2 Å². The van der Waals surface area contributed by atoms with Gasteiger partial charge in [0, 0.05) is 23.8 Å². The van der Waals surface area contributed by atoms with Crippen LogP contribution in [0.3, 0.4) is 0 Å². The van der Waals surface area contributed by atoms with Crippen molar-refractivity contribution in [2.24, 2.45) is 0 Å². The van der Waals surface area contributed by atoms with Gasteiger partial charge in [-0.3, -0.25) is 0 Å². The summed E-state index contributed by atoms with van der Waals surface area (Å²) in [6.07, 6.45) is 2.73. The summed E-state index contributed by atoms with van der Waals surface area (Å²) < 4.78 is 27.5. The van der Waals surface area contributed by atoms with E-state index in [-0.39, 0.29) is 10.5 Å². The Hall–Kier alpha value is -2.60. The number of sulfonamides is 1. The monoisotopic (exact) mass is 432 g/mol. The lowest BCUT2D eigenvalue weighted by atomic mass is 10.2. The molecule has 7 nitrogen and oxygen atoms in total. The summed E-state index contributed by atoms with van der Waals surface area (Å²) in [4.78, 5) is 12.5. The summed E-state index contributed by atoms with van der Waals surface area (Å²) in [5.74, 6) is 0. The van der Waals surface area contributed by atoms with Crippen LogP contribution in [0.2, 0.25) is 5.02 Å². The Labute approximate surface area is 175 Å². The topological polar surface area (TPSA) is 102 Å². The normalized spacial score (nSPS) is 14.8. The average molecular weight is 433 g/mol. The van der Waals surface area contributed by atoms with Gasteiger partial charge in [-0.2, -0.15) is 9.57 Å². The van der Waals surface area contributed by atoms with Crippen molar-refractivity contribution in [2.75, 3.05) is 23.7 Å². The minimum absolute atomic E-state index is 0.182. The van der Waals surface area contributed by atoms with Crippen LogP contribution in [0.5, 0.6) is 0 Å². The quantitative estimate of drug-likeness (QED) is 0.750. The Morgan fingerprint density at radius 2 is 1.83 bits per heavy atom. The molecule has 29 heavy (non-hydrogen) atoms. The van der Waals surface area contributed by atoms with Crippen molar-refractivity contribution in [1.82, 2.24) is 4.31 Å². The number of hydrogen-bond donors (Lipinski definition) is 2. The van der Waals surface area contributed by atoms with Crippen LogP contribution in [0, 0.1) is 18.3 Å². The maximum absolute atomic E-state index is 13.0. The average Bonchev–Trinajstić information content (AvgIpc) is 2.71. The van der Waals surface area contributed by atoms with Gasteiger partial charge in [0.15, 0.2) is 0 Å². The van der Waals surface area contributed by atoms with Crippen LogP contribution in [0.25, 0.3) is 0 Å². The lowest BCUT2D eigenvalue weighted by molar-refractivity contribution is 0.262. The molecule has 3 rings (SSSR count). The number of carbonyl (C=O) groups excluding carboxylic acids is 1. The van der Waals surface area contributed by atoms with E-state index in [1.165, 1.54) is 22.5 Å². The second-order valence-corrected chi connectivity index (χ2v) is 9.17. The lowest BCUT2D eigenvalue weighted by Crippen LogP contribution is -2.36. The molecule has 0 unspecified atom stereocenters. The van der Waals surface area contributed by atoms with Crippen LogP contribution < -0.4 is 10.6 Å². The van der Waals surface area contributed by atoms with Crippen LogP contribution in [0.1, 0.15) is 30.4 Å². The molecular weight excluding hydrogens is 412 g/mol. The van der Waals surface area contributed by atoms with Crippen molar-refractivity contribution in [3.05, 3.63) is 52.5 Å². The zero-order valence-electron chi connectivity index (χ0n) is 15.9. The molecule has 2 amide bonds. The summed E-state index contributed by atoms with van der Waals surface area (Å²) in [6, 6.07) is 10.7. The van der Waals surface area contributed by atoms with Gasteiger partial charge in [0.1, 0.15) is 6.07 Å². The van der Waals surface area contributed by atoms with E-state index in [0.717, 1.165) is 19.3 Å². The number of urea groups is 1. The van der Waals surface area contributed by atoms with Gasteiger partial charge in [0.2, 0.25) is 10.0 Å². The maximum Gasteiger partial charge on any atom is 0.323 e. The van der Waals surface area contributed by atoms with E-state index in [2.05, 4.69) is 10.6 Å². The molecule has 1 saturated heterocycles. The standard InChI is InChI=1S/C20H21ClN4O3S/c1-14-5-7-17(12-19(14)29(27,28)25-9-3-2-4-10-25)23-20(26)24-18-8-6-16(21)11-15(18)13-22/h5-8,11-12H,2-4,9-10H2,1H3,(H2,23,24,26). The molecule has 1 fully saturated rings. The fraction of sp³-hybridized carbons (Fsp3) is 0.300. The van der Waals surface area contributed by atoms with Crippen molar-refractivity contribution in [3.8, 4) is 6.07 Å². The van der Waals surface area contributed by atoms with E-state index in [1.807, 2.05) is 6.07 Å². The van der Waals surface area contributed by atoms with Gasteiger partial charge in [0.05, 0.1) is 16.1 Å². The highest BCUT2D eigenvalue weighted by Crippen LogP contribution is 2.26. The van der Waals surface area contributed by atoms with Gasteiger partial charge in [0.25, 0.3) is 0 Å². The molecule has 0 aromatic heterocycles. The highest BCUT2D eigenvalue weighted by atomic mass is 35.5. The summed E-state index contributed by atoms with van der Waals surface area (Å²) in [7, 11) is -3.62. The Morgan fingerprint density at radius 1 is 1.10 bits per heavy atom. The highest BCUT2D eigenvalue weighted by Gasteiger charge is 2.27. The first-order chi connectivity index (χ1) is 13.8. The van der Waals surface area contributed by atoms with E-state index in [9.17, 15) is 18.5 Å². The van der Waals surface area contributed by atoms with Crippen molar-refractivity contribution in [1.29, 1.82) is 5.26 Å². The number of piperidine rings is 1. The Kier molecular flexibility index (Phi) is 6.42. The minimum atomic E-state index is -3.62. The number of anilines is 2. The summed E-state index contributed by atoms with van der Waals surface area (Å²) in [5, 5.41) is 14.8. The second kappa shape index (κ2) is 8.82. The number of nitrogens with zero attached hydrogens (tertiary/aromatic N) is 2. The molecule has 2 N–H and O–H groups in total. The largest absolute Gasteiger partial charge is 0.323 e. The Morgan fingerprint density at radius 3 is 2.52 bits per heavy atom. The molecule has 1 heterocycles. The fourth-order valence-corrected chi connectivity index (χ4v) is 5.14. The maximum atomic E-state index is 13.0. The summed E-state index contributed by atoms with van der Waals surface area (Å²) in [6.45, 7) is 2.74. The predicted octanol–water partition coefficient (Wildman–Crippen LogP) is 4.34. The molecule has 0 radical (unpaired) electrons. The number of hydrogen-bond acceptors (Lipinski definition) is 4. The van der Waals surface area contributed by atoms with E-state index in [4.69, 9.17) is 11.6 Å². The third-order valence-electron chi connectivity index (χ3n) is 4.73. The second-order valence-electron chi connectivity index (χ2n) is 6.83. The van der Waals surface area contributed by atoms with E-state index in [0.29, 0.717) is 35.1 Å². The Bertz CT molecular complexity index is 1070. The first-order valence-electron chi connectivity index (χ1n) is 9.20. The fourth-order valence-electron chi connectivity index (χ4n) is 3.20. The molecule has 0 spiro atoms. The SMILES string of the molecule is Cc1ccc(NC(=O)Nc2ccc(Cl)cc2C#N)cc1S(=O)(=O)N1CCCCC1. The zero-order chi connectivity index (χ0) is 21.0. The highest BCUT2D eigenvalue weighted by molar-refractivity contribution is 7.89. The predicted molar refractivity (Wildman–Crippen MR) is 113 cm³/mol. The summed E-state index contributed by atoms with van der Waals surface area (Å²) >= 11 is 5.86. The van der Waals surface area contributed by atoms with Crippen molar-refractivity contribution in [3.63, 3.8) is 0 Å². The third kappa shape index (κ3) is 4.88. The number of aryl methyl sites for hydroxylation is 1. The van der Waals surface area contributed by atoms with Gasteiger partial charge in [-0.1, -0.05) is 24.1 Å². The first-order valence-corrected chi connectivity index (χ1v) is 11.0. The lowest BCUT2D eigenvalue weighted by Gasteiger charge is -2.26. The van der Waals surface area contributed by atoms with Crippen molar-refractivity contribution in [2.45, 2.75) is 31.1 Å². The number of benzene rings is 2.